The number of rotatable bonds is 7. The zero-order valence-electron chi connectivity index (χ0n) is 10.8. The van der Waals surface area contributed by atoms with E-state index in [1.165, 1.54) is 15.3 Å². The van der Waals surface area contributed by atoms with E-state index in [9.17, 15) is 9.59 Å². The van der Waals surface area contributed by atoms with Crippen LogP contribution in [0.5, 0.6) is 0 Å². The van der Waals surface area contributed by atoms with Crippen molar-refractivity contribution in [2.45, 2.75) is 45.7 Å². The van der Waals surface area contributed by atoms with E-state index in [4.69, 9.17) is 10.8 Å². The number of hydrogen-bond donors (Lipinski definition) is 2. The Hall–Kier alpha value is -1.56. The molecule has 0 saturated carbocycles. The van der Waals surface area contributed by atoms with Crippen LogP contribution in [0.1, 0.15) is 32.6 Å². The average Bonchev–Trinajstić information content (AvgIpc) is 2.35. The second-order valence-electron chi connectivity index (χ2n) is 4.30. The lowest BCUT2D eigenvalue weighted by Gasteiger charge is -2.10. The van der Waals surface area contributed by atoms with Gasteiger partial charge in [0.05, 0.1) is 0 Å². The quantitative estimate of drug-likeness (QED) is 0.679. The summed E-state index contributed by atoms with van der Waals surface area (Å²) in [5.74, 6) is 0. The lowest BCUT2D eigenvalue weighted by atomic mass is 10.2. The summed E-state index contributed by atoms with van der Waals surface area (Å²) in [6, 6.07) is 0. The smallest absolute Gasteiger partial charge is 0.331 e. The van der Waals surface area contributed by atoms with Gasteiger partial charge in [-0.1, -0.05) is 6.92 Å². The molecule has 0 atom stereocenters. The number of aromatic nitrogens is 2. The molecular weight excluding hydrogens is 234 g/mol. The molecule has 18 heavy (non-hydrogen) atoms. The van der Waals surface area contributed by atoms with Crippen molar-refractivity contribution in [2.24, 2.45) is 0 Å². The highest BCUT2D eigenvalue weighted by Gasteiger charge is 2.08. The van der Waals surface area contributed by atoms with Gasteiger partial charge in [0.1, 0.15) is 5.69 Å². The summed E-state index contributed by atoms with van der Waals surface area (Å²) in [7, 11) is 0. The molecule has 0 spiro atoms. The molecule has 0 aliphatic rings. The molecule has 102 valence electrons. The zero-order chi connectivity index (χ0) is 13.5. The maximum atomic E-state index is 12.0. The Labute approximate surface area is 106 Å². The zero-order valence-corrected chi connectivity index (χ0v) is 10.8. The molecule has 0 unspecified atom stereocenters. The molecule has 1 aromatic heterocycles. The van der Waals surface area contributed by atoms with Gasteiger partial charge in [-0.05, 0) is 25.7 Å². The van der Waals surface area contributed by atoms with Gasteiger partial charge in [-0.25, -0.2) is 4.79 Å². The van der Waals surface area contributed by atoms with Crippen LogP contribution in [0.25, 0.3) is 0 Å². The third-order valence-electron chi connectivity index (χ3n) is 2.77. The Morgan fingerprint density at radius 2 is 1.94 bits per heavy atom. The molecular formula is C12H21N3O3. The number of nitrogens with zero attached hydrogens (tertiary/aromatic N) is 2. The van der Waals surface area contributed by atoms with E-state index in [0.29, 0.717) is 25.9 Å². The van der Waals surface area contributed by atoms with Crippen molar-refractivity contribution in [2.75, 3.05) is 12.3 Å². The Morgan fingerprint density at radius 1 is 1.22 bits per heavy atom. The van der Waals surface area contributed by atoms with Crippen LogP contribution in [0, 0.1) is 0 Å². The highest BCUT2D eigenvalue weighted by Crippen LogP contribution is 1.97. The van der Waals surface area contributed by atoms with E-state index in [1.54, 1.807) is 0 Å². The molecule has 6 heteroatoms. The van der Waals surface area contributed by atoms with Crippen LogP contribution in [0.15, 0.2) is 15.8 Å². The Kier molecular flexibility index (Phi) is 5.64. The molecule has 1 rings (SSSR count). The maximum absolute atomic E-state index is 12.0. The molecule has 0 amide bonds. The number of aryl methyl sites for hydroxylation is 1. The Morgan fingerprint density at radius 3 is 2.56 bits per heavy atom. The minimum absolute atomic E-state index is 0.102. The minimum atomic E-state index is -0.420. The van der Waals surface area contributed by atoms with Gasteiger partial charge in [0.2, 0.25) is 0 Å². The molecule has 0 fully saturated rings. The fourth-order valence-corrected chi connectivity index (χ4v) is 1.83. The fraction of sp³-hybridized carbons (Fsp3) is 0.667. The first-order chi connectivity index (χ1) is 8.61. The van der Waals surface area contributed by atoms with E-state index in [1.807, 2.05) is 6.92 Å². The molecule has 0 saturated heterocycles. The van der Waals surface area contributed by atoms with E-state index in [-0.39, 0.29) is 18.0 Å². The van der Waals surface area contributed by atoms with Gasteiger partial charge in [-0.15, -0.1) is 0 Å². The van der Waals surface area contributed by atoms with Gasteiger partial charge in [0, 0.05) is 25.9 Å². The van der Waals surface area contributed by atoms with Crippen LogP contribution < -0.4 is 17.0 Å². The predicted octanol–water partition coefficient (Wildman–Crippen LogP) is 0.165. The van der Waals surface area contributed by atoms with Crippen molar-refractivity contribution in [3.8, 4) is 0 Å². The van der Waals surface area contributed by atoms with E-state index in [2.05, 4.69) is 0 Å². The second kappa shape index (κ2) is 7.00. The average molecular weight is 255 g/mol. The van der Waals surface area contributed by atoms with Crippen molar-refractivity contribution >= 4 is 5.69 Å². The normalized spacial score (nSPS) is 10.8. The number of aliphatic hydroxyl groups is 1. The highest BCUT2D eigenvalue weighted by atomic mass is 16.3. The number of anilines is 1. The van der Waals surface area contributed by atoms with E-state index >= 15 is 0 Å². The van der Waals surface area contributed by atoms with Gasteiger partial charge in [-0.3, -0.25) is 13.9 Å². The summed E-state index contributed by atoms with van der Waals surface area (Å²) in [5.41, 5.74) is 4.99. The van der Waals surface area contributed by atoms with Crippen molar-refractivity contribution in [1.82, 2.24) is 9.13 Å². The van der Waals surface area contributed by atoms with Crippen LogP contribution in [0.2, 0.25) is 0 Å². The lowest BCUT2D eigenvalue weighted by Crippen LogP contribution is -2.40. The van der Waals surface area contributed by atoms with Crippen LogP contribution in [-0.4, -0.2) is 20.8 Å². The molecule has 1 heterocycles. The Bertz CT molecular complexity index is 490. The molecule has 0 aromatic carbocycles. The van der Waals surface area contributed by atoms with E-state index < -0.39 is 5.56 Å². The minimum Gasteiger partial charge on any atom is -0.396 e. The molecule has 6 nitrogen and oxygen atoms in total. The monoisotopic (exact) mass is 255 g/mol. The lowest BCUT2D eigenvalue weighted by molar-refractivity contribution is 0.281. The predicted molar refractivity (Wildman–Crippen MR) is 70.6 cm³/mol. The summed E-state index contributed by atoms with van der Waals surface area (Å²) in [6.45, 7) is 3.00. The van der Waals surface area contributed by atoms with Crippen molar-refractivity contribution < 1.29 is 5.11 Å². The first kappa shape index (κ1) is 14.5. The van der Waals surface area contributed by atoms with Gasteiger partial charge in [0.25, 0.3) is 5.56 Å². The summed E-state index contributed by atoms with van der Waals surface area (Å²) >= 11 is 0. The standard InChI is InChI=1S/C12H21N3O3/c1-2-6-14-9-10(13)11(17)15(12(14)18)7-4-3-5-8-16/h9,16H,2-8,13H2,1H3. The first-order valence-corrected chi connectivity index (χ1v) is 6.32. The Balaban J connectivity index is 2.94. The van der Waals surface area contributed by atoms with Crippen LogP contribution >= 0.6 is 0 Å². The number of hydrogen-bond acceptors (Lipinski definition) is 4. The van der Waals surface area contributed by atoms with E-state index in [0.717, 1.165) is 12.8 Å². The summed E-state index contributed by atoms with van der Waals surface area (Å²) < 4.78 is 2.66. The molecule has 0 radical (unpaired) electrons. The number of nitrogens with two attached hydrogens (primary N) is 1. The van der Waals surface area contributed by atoms with Gasteiger partial charge >= 0.3 is 5.69 Å². The summed E-state index contributed by atoms with van der Waals surface area (Å²) in [4.78, 5) is 23.8. The third kappa shape index (κ3) is 3.46. The third-order valence-corrected chi connectivity index (χ3v) is 2.77. The number of nitrogen functional groups attached to an aromatic ring is 1. The van der Waals surface area contributed by atoms with Gasteiger partial charge in [0.15, 0.2) is 0 Å². The molecule has 0 aliphatic heterocycles. The largest absolute Gasteiger partial charge is 0.396 e. The fourth-order valence-electron chi connectivity index (χ4n) is 1.83. The van der Waals surface area contributed by atoms with Crippen molar-refractivity contribution in [1.29, 1.82) is 0 Å². The van der Waals surface area contributed by atoms with Crippen molar-refractivity contribution in [3.63, 3.8) is 0 Å². The molecule has 3 N–H and O–H groups in total. The van der Waals surface area contributed by atoms with Crippen LogP contribution in [0.3, 0.4) is 0 Å². The number of unbranched alkanes of at least 4 members (excludes halogenated alkanes) is 2. The first-order valence-electron chi connectivity index (χ1n) is 6.32. The summed E-state index contributed by atoms with van der Waals surface area (Å²) in [5, 5.41) is 8.68. The molecule has 0 aliphatic carbocycles. The van der Waals surface area contributed by atoms with Gasteiger partial charge < -0.3 is 10.8 Å². The van der Waals surface area contributed by atoms with Gasteiger partial charge in [-0.2, -0.15) is 0 Å². The summed E-state index contributed by atoms with van der Waals surface area (Å²) in [6.07, 6.45) is 4.37. The van der Waals surface area contributed by atoms with Crippen LogP contribution in [0.4, 0.5) is 5.69 Å². The molecule has 1 aromatic rings. The highest BCUT2D eigenvalue weighted by molar-refractivity contribution is 5.30. The SMILES string of the molecule is CCCn1cc(N)c(=O)n(CCCCCO)c1=O. The van der Waals surface area contributed by atoms with Crippen molar-refractivity contribution in [3.05, 3.63) is 27.0 Å². The topological polar surface area (TPSA) is 90.2 Å². The number of aliphatic hydroxyl groups excluding tert-OH is 1. The molecule has 0 bridgehead atoms. The van der Waals surface area contributed by atoms with Crippen LogP contribution in [-0.2, 0) is 13.1 Å². The second-order valence-corrected chi connectivity index (χ2v) is 4.30. The maximum Gasteiger partial charge on any atom is 0.331 e.